The van der Waals surface area contributed by atoms with Crippen molar-refractivity contribution in [2.75, 3.05) is 19.8 Å². The van der Waals surface area contributed by atoms with Crippen molar-refractivity contribution < 1.29 is 4.74 Å². The van der Waals surface area contributed by atoms with E-state index < -0.39 is 0 Å². The predicted octanol–water partition coefficient (Wildman–Crippen LogP) is 1.79. The highest BCUT2D eigenvalue weighted by Gasteiger charge is 2.21. The monoisotopic (exact) mass is 270 g/mol. The Morgan fingerprint density at radius 3 is 2.89 bits per heavy atom. The molecule has 0 aromatic heterocycles. The zero-order chi connectivity index (χ0) is 13.9. The Morgan fingerprint density at radius 1 is 1.37 bits per heavy atom. The van der Waals surface area contributed by atoms with Crippen molar-refractivity contribution in [3.63, 3.8) is 0 Å². The highest BCUT2D eigenvalue weighted by Crippen LogP contribution is 2.26. The van der Waals surface area contributed by atoms with Gasteiger partial charge >= 0.3 is 0 Å². The van der Waals surface area contributed by atoms with Crippen molar-refractivity contribution in [1.82, 2.24) is 10.7 Å². The Hall–Kier alpha value is -0.810. The van der Waals surface area contributed by atoms with Crippen LogP contribution in [0.5, 0.6) is 0 Å². The maximum Gasteiger partial charge on any atom is 0.205 e. The molecule has 0 amide bonds. The number of hydrazine groups is 1. The molecule has 5 nitrogen and oxygen atoms in total. The summed E-state index contributed by atoms with van der Waals surface area (Å²) in [7, 11) is 0. The lowest BCUT2D eigenvalue weighted by molar-refractivity contribution is 0.146. The quantitative estimate of drug-likeness (QED) is 0.217. The smallest absolute Gasteiger partial charge is 0.205 e. The number of guanidine groups is 1. The van der Waals surface area contributed by atoms with Crippen molar-refractivity contribution in [2.45, 2.75) is 58.4 Å². The molecule has 5 heteroatoms. The fraction of sp³-hybridized carbons (Fsp3) is 0.929. The molecule has 1 saturated carbocycles. The summed E-state index contributed by atoms with van der Waals surface area (Å²) in [6.07, 6.45) is 7.33. The fourth-order valence-electron chi connectivity index (χ4n) is 2.62. The first-order chi connectivity index (χ1) is 9.30. The number of nitrogens with zero attached hydrogens (tertiary/aromatic N) is 1. The van der Waals surface area contributed by atoms with Crippen LogP contribution >= 0.6 is 0 Å². The number of hydrogen-bond acceptors (Lipinski definition) is 3. The van der Waals surface area contributed by atoms with Gasteiger partial charge < -0.3 is 10.1 Å². The summed E-state index contributed by atoms with van der Waals surface area (Å²) in [5.41, 5.74) is 2.67. The van der Waals surface area contributed by atoms with Gasteiger partial charge in [-0.1, -0.05) is 26.2 Å². The molecule has 19 heavy (non-hydrogen) atoms. The molecule has 0 aromatic carbocycles. The van der Waals surface area contributed by atoms with Crippen LogP contribution in [0.15, 0.2) is 4.99 Å². The van der Waals surface area contributed by atoms with Gasteiger partial charge in [0.1, 0.15) is 0 Å². The van der Waals surface area contributed by atoms with Crippen molar-refractivity contribution in [3.8, 4) is 0 Å². The predicted molar refractivity (Wildman–Crippen MR) is 79.9 cm³/mol. The van der Waals surface area contributed by atoms with Gasteiger partial charge in [-0.05, 0) is 32.1 Å². The maximum atomic E-state index is 5.52. The second-order valence-electron chi connectivity index (χ2n) is 5.21. The summed E-state index contributed by atoms with van der Waals surface area (Å²) in [6.45, 7) is 6.56. The van der Waals surface area contributed by atoms with Crippen LogP contribution in [-0.2, 0) is 4.74 Å². The van der Waals surface area contributed by atoms with Gasteiger partial charge in [-0.15, -0.1) is 0 Å². The molecule has 0 aliphatic heterocycles. The minimum atomic E-state index is 0.514. The molecule has 112 valence electrons. The van der Waals surface area contributed by atoms with Gasteiger partial charge in [0.25, 0.3) is 0 Å². The van der Waals surface area contributed by atoms with Crippen LogP contribution in [0, 0.1) is 5.92 Å². The first kappa shape index (κ1) is 16.2. The SMILES string of the molecule is CCOCCCN=C(NN)NC1CCCC(CC)C1. The van der Waals surface area contributed by atoms with Gasteiger partial charge in [-0.3, -0.25) is 10.4 Å². The maximum absolute atomic E-state index is 5.52. The molecule has 0 saturated heterocycles. The minimum Gasteiger partial charge on any atom is -0.382 e. The minimum absolute atomic E-state index is 0.514. The van der Waals surface area contributed by atoms with E-state index in [1.165, 1.54) is 32.1 Å². The van der Waals surface area contributed by atoms with Crippen LogP contribution in [0.3, 0.4) is 0 Å². The van der Waals surface area contributed by atoms with E-state index in [-0.39, 0.29) is 0 Å². The van der Waals surface area contributed by atoms with Crippen LogP contribution in [0.25, 0.3) is 0 Å². The molecule has 1 rings (SSSR count). The Labute approximate surface area is 117 Å². The molecule has 4 N–H and O–H groups in total. The average molecular weight is 270 g/mol. The molecule has 1 fully saturated rings. The molecule has 1 aliphatic carbocycles. The van der Waals surface area contributed by atoms with Crippen molar-refractivity contribution in [3.05, 3.63) is 0 Å². The summed E-state index contributed by atoms with van der Waals surface area (Å²) >= 11 is 0. The first-order valence-corrected chi connectivity index (χ1v) is 7.65. The number of aliphatic imine (C=N–C) groups is 1. The summed E-state index contributed by atoms with van der Waals surface area (Å²) in [5.74, 6) is 7.09. The van der Waals surface area contributed by atoms with Gasteiger partial charge in [0.05, 0.1) is 0 Å². The van der Waals surface area contributed by atoms with Crippen molar-refractivity contribution in [2.24, 2.45) is 16.8 Å². The molecule has 0 bridgehead atoms. The summed E-state index contributed by atoms with van der Waals surface area (Å²) in [4.78, 5) is 4.45. The summed E-state index contributed by atoms with van der Waals surface area (Å²) in [5, 5.41) is 3.43. The van der Waals surface area contributed by atoms with Gasteiger partial charge in [0, 0.05) is 25.8 Å². The standard InChI is InChI=1S/C14H30N4O/c1-3-12-7-5-8-13(11-12)17-14(18-15)16-9-6-10-19-4-2/h12-13H,3-11,15H2,1-2H3,(H2,16,17,18). The largest absolute Gasteiger partial charge is 0.382 e. The highest BCUT2D eigenvalue weighted by molar-refractivity contribution is 5.79. The molecule has 0 heterocycles. The summed E-state index contributed by atoms with van der Waals surface area (Å²) < 4.78 is 5.29. The van der Waals surface area contributed by atoms with Gasteiger partial charge in [-0.25, -0.2) is 5.84 Å². The third-order valence-electron chi connectivity index (χ3n) is 3.76. The van der Waals surface area contributed by atoms with E-state index in [0.29, 0.717) is 6.04 Å². The molecule has 0 aromatic rings. The zero-order valence-electron chi connectivity index (χ0n) is 12.5. The Bertz CT molecular complexity index is 258. The third kappa shape index (κ3) is 6.78. The molecule has 2 atom stereocenters. The second-order valence-corrected chi connectivity index (χ2v) is 5.21. The lowest BCUT2D eigenvalue weighted by Crippen LogP contribution is -2.48. The van der Waals surface area contributed by atoms with E-state index in [0.717, 1.165) is 38.1 Å². The number of hydrogen-bond donors (Lipinski definition) is 3. The van der Waals surface area contributed by atoms with E-state index in [1.54, 1.807) is 0 Å². The van der Waals surface area contributed by atoms with Gasteiger partial charge in [0.15, 0.2) is 0 Å². The Kier molecular flexibility index (Phi) is 8.58. The van der Waals surface area contributed by atoms with E-state index in [1.807, 2.05) is 6.92 Å². The van der Waals surface area contributed by atoms with E-state index in [9.17, 15) is 0 Å². The highest BCUT2D eigenvalue weighted by atomic mass is 16.5. The van der Waals surface area contributed by atoms with Crippen LogP contribution in [0.4, 0.5) is 0 Å². The van der Waals surface area contributed by atoms with Gasteiger partial charge in [-0.2, -0.15) is 0 Å². The fourth-order valence-corrected chi connectivity index (χ4v) is 2.62. The van der Waals surface area contributed by atoms with Crippen LogP contribution in [0.1, 0.15) is 52.4 Å². The molecular weight excluding hydrogens is 240 g/mol. The van der Waals surface area contributed by atoms with Crippen LogP contribution < -0.4 is 16.6 Å². The zero-order valence-corrected chi connectivity index (χ0v) is 12.5. The lowest BCUT2D eigenvalue weighted by atomic mass is 9.84. The van der Waals surface area contributed by atoms with E-state index >= 15 is 0 Å². The first-order valence-electron chi connectivity index (χ1n) is 7.65. The number of nitrogens with one attached hydrogen (secondary N) is 2. The normalized spacial score (nSPS) is 24.3. The van der Waals surface area contributed by atoms with E-state index in [2.05, 4.69) is 22.7 Å². The van der Waals surface area contributed by atoms with Crippen molar-refractivity contribution >= 4 is 5.96 Å². The number of rotatable bonds is 7. The molecule has 1 aliphatic rings. The van der Waals surface area contributed by atoms with Crippen LogP contribution in [0.2, 0.25) is 0 Å². The Balaban J connectivity index is 2.28. The number of nitrogens with two attached hydrogens (primary N) is 1. The average Bonchev–Trinajstić information content (AvgIpc) is 2.46. The molecule has 0 spiro atoms. The van der Waals surface area contributed by atoms with Gasteiger partial charge in [0.2, 0.25) is 5.96 Å². The van der Waals surface area contributed by atoms with Crippen molar-refractivity contribution in [1.29, 1.82) is 0 Å². The summed E-state index contributed by atoms with van der Waals surface area (Å²) in [6, 6.07) is 0.514. The second kappa shape index (κ2) is 10.0. The molecular formula is C14H30N4O. The number of ether oxygens (including phenoxy) is 1. The van der Waals surface area contributed by atoms with E-state index in [4.69, 9.17) is 10.6 Å². The topological polar surface area (TPSA) is 71.7 Å². The third-order valence-corrected chi connectivity index (χ3v) is 3.76. The lowest BCUT2D eigenvalue weighted by Gasteiger charge is -2.29. The van der Waals surface area contributed by atoms with Crippen LogP contribution in [-0.4, -0.2) is 31.8 Å². The molecule has 2 unspecified atom stereocenters. The molecule has 0 radical (unpaired) electrons. The Morgan fingerprint density at radius 2 is 2.21 bits per heavy atom.